The van der Waals surface area contributed by atoms with Gasteiger partial charge in [-0.15, -0.1) is 0 Å². The maximum absolute atomic E-state index is 13.2. The van der Waals surface area contributed by atoms with Crippen LogP contribution in [0.5, 0.6) is 0 Å². The minimum atomic E-state index is -0.203. The number of amides is 1. The lowest BCUT2D eigenvalue weighted by molar-refractivity contribution is 0.0585. The Morgan fingerprint density at radius 1 is 1.04 bits per heavy atom. The fraction of sp³-hybridized carbons (Fsp3) is 0.348. The fourth-order valence-corrected chi connectivity index (χ4v) is 4.67. The molecule has 2 atom stereocenters. The SMILES string of the molecule is O=C(c1ccc2occc2c1)N1C[C@H]2CC[C@@H]1CN(Cc1ccc(F)cc1)C2. The lowest BCUT2D eigenvalue weighted by Crippen LogP contribution is -2.47. The molecule has 0 radical (unpaired) electrons. The molecular weight excluding hydrogens is 355 g/mol. The van der Waals surface area contributed by atoms with E-state index in [9.17, 15) is 9.18 Å². The van der Waals surface area contributed by atoms with Crippen LogP contribution >= 0.6 is 0 Å². The van der Waals surface area contributed by atoms with Crippen LogP contribution in [-0.2, 0) is 6.54 Å². The van der Waals surface area contributed by atoms with Gasteiger partial charge in [-0.2, -0.15) is 0 Å². The van der Waals surface area contributed by atoms with Gasteiger partial charge in [0, 0.05) is 43.2 Å². The largest absolute Gasteiger partial charge is 0.464 e. The molecule has 6 rings (SSSR count). The van der Waals surface area contributed by atoms with Crippen LogP contribution < -0.4 is 0 Å². The van der Waals surface area contributed by atoms with E-state index in [1.807, 2.05) is 36.4 Å². The molecule has 2 aromatic carbocycles. The predicted molar refractivity (Wildman–Crippen MR) is 105 cm³/mol. The number of furan rings is 1. The summed E-state index contributed by atoms with van der Waals surface area (Å²) in [4.78, 5) is 17.7. The Labute approximate surface area is 163 Å². The van der Waals surface area contributed by atoms with Crippen LogP contribution in [0.1, 0.15) is 28.8 Å². The van der Waals surface area contributed by atoms with Crippen LogP contribution in [-0.4, -0.2) is 41.4 Å². The number of benzene rings is 2. The summed E-state index contributed by atoms with van der Waals surface area (Å²) in [5.41, 5.74) is 2.65. The molecule has 3 saturated heterocycles. The highest BCUT2D eigenvalue weighted by Crippen LogP contribution is 2.30. The molecule has 2 bridgehead atoms. The first-order valence-electron chi connectivity index (χ1n) is 9.91. The van der Waals surface area contributed by atoms with Gasteiger partial charge in [-0.3, -0.25) is 9.69 Å². The Kier molecular flexibility index (Phi) is 4.40. The maximum Gasteiger partial charge on any atom is 0.254 e. The summed E-state index contributed by atoms with van der Waals surface area (Å²) < 4.78 is 18.6. The van der Waals surface area contributed by atoms with E-state index in [-0.39, 0.29) is 17.8 Å². The van der Waals surface area contributed by atoms with E-state index in [1.54, 1.807) is 6.26 Å². The van der Waals surface area contributed by atoms with E-state index in [1.165, 1.54) is 12.1 Å². The molecule has 5 heteroatoms. The van der Waals surface area contributed by atoms with Crippen molar-refractivity contribution in [1.29, 1.82) is 0 Å². The average Bonchev–Trinajstić information content (AvgIpc) is 3.01. The molecule has 3 fully saturated rings. The Morgan fingerprint density at radius 3 is 2.75 bits per heavy atom. The van der Waals surface area contributed by atoms with Crippen molar-refractivity contribution in [1.82, 2.24) is 9.80 Å². The van der Waals surface area contributed by atoms with Gasteiger partial charge in [0.05, 0.1) is 6.26 Å². The van der Waals surface area contributed by atoms with Gasteiger partial charge in [-0.25, -0.2) is 4.39 Å². The smallest absolute Gasteiger partial charge is 0.254 e. The first kappa shape index (κ1) is 17.4. The second-order valence-electron chi connectivity index (χ2n) is 8.05. The molecule has 3 aliphatic rings. The van der Waals surface area contributed by atoms with Gasteiger partial charge < -0.3 is 9.32 Å². The Bertz CT molecular complexity index is 997. The molecule has 0 spiro atoms. The van der Waals surface area contributed by atoms with Gasteiger partial charge >= 0.3 is 0 Å². The quantitative estimate of drug-likeness (QED) is 0.682. The minimum Gasteiger partial charge on any atom is -0.464 e. The molecule has 28 heavy (non-hydrogen) atoms. The fourth-order valence-electron chi connectivity index (χ4n) is 4.67. The van der Waals surface area contributed by atoms with E-state index in [0.717, 1.165) is 61.1 Å². The van der Waals surface area contributed by atoms with Crippen molar-refractivity contribution in [3.05, 3.63) is 71.7 Å². The van der Waals surface area contributed by atoms with Crippen LogP contribution in [0, 0.1) is 11.7 Å². The molecule has 1 aromatic heterocycles. The maximum atomic E-state index is 13.2. The van der Waals surface area contributed by atoms with Crippen molar-refractivity contribution in [3.8, 4) is 0 Å². The molecular formula is C23H23FN2O2. The number of carbonyl (C=O) groups is 1. The monoisotopic (exact) mass is 378 g/mol. The highest BCUT2D eigenvalue weighted by molar-refractivity contribution is 5.98. The van der Waals surface area contributed by atoms with Crippen LogP contribution in [0.4, 0.5) is 4.39 Å². The van der Waals surface area contributed by atoms with E-state index >= 15 is 0 Å². The summed E-state index contributed by atoms with van der Waals surface area (Å²) in [5, 5.41) is 0.962. The number of hydrogen-bond acceptors (Lipinski definition) is 3. The van der Waals surface area contributed by atoms with Crippen molar-refractivity contribution < 1.29 is 13.6 Å². The Morgan fingerprint density at radius 2 is 1.89 bits per heavy atom. The Hall–Kier alpha value is -2.66. The molecule has 4 heterocycles. The van der Waals surface area contributed by atoms with Crippen molar-refractivity contribution in [2.24, 2.45) is 5.92 Å². The normalized spacial score (nSPS) is 22.5. The lowest BCUT2D eigenvalue weighted by atomic mass is 9.94. The van der Waals surface area contributed by atoms with Gasteiger partial charge in [0.1, 0.15) is 11.4 Å². The number of nitrogens with zero attached hydrogens (tertiary/aromatic N) is 2. The van der Waals surface area contributed by atoms with Gasteiger partial charge in [0.25, 0.3) is 5.91 Å². The van der Waals surface area contributed by atoms with E-state index in [4.69, 9.17) is 4.42 Å². The predicted octanol–water partition coefficient (Wildman–Crippen LogP) is 4.31. The molecule has 0 unspecified atom stereocenters. The van der Waals surface area contributed by atoms with Crippen LogP contribution in [0.15, 0.2) is 59.2 Å². The summed E-state index contributed by atoms with van der Waals surface area (Å²) in [7, 11) is 0. The zero-order valence-corrected chi connectivity index (χ0v) is 15.7. The molecule has 4 nitrogen and oxygen atoms in total. The lowest BCUT2D eigenvalue weighted by Gasteiger charge is -2.36. The van der Waals surface area contributed by atoms with Gasteiger partial charge in [-0.1, -0.05) is 12.1 Å². The number of rotatable bonds is 3. The summed E-state index contributed by atoms with van der Waals surface area (Å²) in [6, 6.07) is 14.5. The minimum absolute atomic E-state index is 0.112. The van der Waals surface area contributed by atoms with E-state index < -0.39 is 0 Å². The number of carbonyl (C=O) groups excluding carboxylic acids is 1. The standard InChI is InChI=1S/C23H23FN2O2/c24-20-5-1-16(2-6-20)12-25-13-17-3-7-21(15-25)26(14-17)23(27)19-4-8-22-18(11-19)9-10-28-22/h1-2,4-6,8-11,17,21H,3,7,12-15H2/t17-,21+/m0/s1. The first-order valence-corrected chi connectivity index (χ1v) is 9.91. The molecule has 144 valence electrons. The third-order valence-corrected chi connectivity index (χ3v) is 6.07. The van der Waals surface area contributed by atoms with Crippen LogP contribution in [0.2, 0.25) is 0 Å². The van der Waals surface area contributed by atoms with E-state index in [0.29, 0.717) is 5.92 Å². The van der Waals surface area contributed by atoms with Gasteiger partial charge in [0.15, 0.2) is 0 Å². The zero-order valence-electron chi connectivity index (χ0n) is 15.7. The number of hydrogen-bond donors (Lipinski definition) is 0. The highest BCUT2D eigenvalue weighted by atomic mass is 19.1. The van der Waals surface area contributed by atoms with Crippen molar-refractivity contribution in [3.63, 3.8) is 0 Å². The molecule has 0 aliphatic carbocycles. The second-order valence-corrected chi connectivity index (χ2v) is 8.05. The molecule has 3 aromatic rings. The first-order chi connectivity index (χ1) is 13.7. The molecule has 1 amide bonds. The molecule has 0 saturated carbocycles. The van der Waals surface area contributed by atoms with E-state index in [2.05, 4.69) is 9.80 Å². The van der Waals surface area contributed by atoms with Crippen molar-refractivity contribution in [2.75, 3.05) is 19.6 Å². The number of fused-ring (bicyclic) bond motifs is 5. The van der Waals surface area contributed by atoms with Gasteiger partial charge in [0.2, 0.25) is 0 Å². The summed E-state index contributed by atoms with van der Waals surface area (Å²) in [6.07, 6.45) is 3.86. The summed E-state index contributed by atoms with van der Waals surface area (Å²) in [6.45, 7) is 3.47. The second kappa shape index (κ2) is 7.06. The zero-order chi connectivity index (χ0) is 19.1. The topological polar surface area (TPSA) is 36.7 Å². The molecule has 3 aliphatic heterocycles. The van der Waals surface area contributed by atoms with Crippen LogP contribution in [0.3, 0.4) is 0 Å². The van der Waals surface area contributed by atoms with Crippen molar-refractivity contribution >= 4 is 16.9 Å². The summed E-state index contributed by atoms with van der Waals surface area (Å²) >= 11 is 0. The Balaban J connectivity index is 1.34. The third kappa shape index (κ3) is 3.31. The summed E-state index contributed by atoms with van der Waals surface area (Å²) in [5.74, 6) is 0.397. The van der Waals surface area contributed by atoms with Crippen LogP contribution in [0.25, 0.3) is 11.0 Å². The molecule has 0 N–H and O–H groups in total. The number of piperidine rings is 1. The van der Waals surface area contributed by atoms with Gasteiger partial charge in [-0.05, 0) is 60.7 Å². The average molecular weight is 378 g/mol. The highest BCUT2D eigenvalue weighted by Gasteiger charge is 2.37. The third-order valence-electron chi connectivity index (χ3n) is 6.07. The van der Waals surface area contributed by atoms with Crippen molar-refractivity contribution in [2.45, 2.75) is 25.4 Å². The number of halogens is 1.